The largest absolute Gasteiger partial charge is 0.496 e. The summed E-state index contributed by atoms with van der Waals surface area (Å²) in [6.07, 6.45) is 1.72. The van der Waals surface area contributed by atoms with E-state index in [2.05, 4.69) is 20.9 Å². The first-order valence-electron chi connectivity index (χ1n) is 5.75. The zero-order valence-electron chi connectivity index (χ0n) is 10.8. The van der Waals surface area contributed by atoms with Crippen LogP contribution in [0.5, 0.6) is 11.5 Å². The second-order valence-corrected chi connectivity index (χ2v) is 4.87. The molecule has 0 saturated heterocycles. The van der Waals surface area contributed by atoms with Gasteiger partial charge in [0.05, 0.1) is 31.5 Å². The average molecular weight is 323 g/mol. The van der Waals surface area contributed by atoms with E-state index in [9.17, 15) is 0 Å². The molecular weight excluding hydrogens is 308 g/mol. The second-order valence-electron chi connectivity index (χ2n) is 3.96. The highest BCUT2D eigenvalue weighted by Gasteiger charge is 2.19. The molecule has 0 aliphatic heterocycles. The molecule has 4 nitrogen and oxygen atoms in total. The number of hydrogen-bond donors (Lipinski definition) is 1. The van der Waals surface area contributed by atoms with Gasteiger partial charge in [-0.1, -0.05) is 6.07 Å². The van der Waals surface area contributed by atoms with Crippen molar-refractivity contribution >= 4 is 15.9 Å². The number of methoxy groups -OCH3 is 2. The Morgan fingerprint density at radius 2 is 1.74 bits per heavy atom. The Hall–Kier alpha value is -1.59. The highest BCUT2D eigenvalue weighted by atomic mass is 79.9. The Bertz CT molecular complexity index is 536. The predicted molar refractivity (Wildman–Crippen MR) is 77.5 cm³/mol. The number of benzene rings is 1. The summed E-state index contributed by atoms with van der Waals surface area (Å²) in [5, 5.41) is 0. The van der Waals surface area contributed by atoms with Gasteiger partial charge in [0.2, 0.25) is 0 Å². The van der Waals surface area contributed by atoms with Gasteiger partial charge in [-0.2, -0.15) is 0 Å². The smallest absolute Gasteiger partial charge is 0.127 e. The Morgan fingerprint density at radius 3 is 2.21 bits per heavy atom. The van der Waals surface area contributed by atoms with Gasteiger partial charge in [-0.15, -0.1) is 0 Å². The van der Waals surface area contributed by atoms with Crippen molar-refractivity contribution in [3.8, 4) is 11.5 Å². The third kappa shape index (κ3) is 2.88. The van der Waals surface area contributed by atoms with Crippen molar-refractivity contribution in [3.63, 3.8) is 0 Å². The highest BCUT2D eigenvalue weighted by Crippen LogP contribution is 2.35. The lowest BCUT2D eigenvalue weighted by atomic mass is 10.0. The van der Waals surface area contributed by atoms with Gasteiger partial charge < -0.3 is 15.2 Å². The molecule has 0 saturated carbocycles. The number of halogens is 1. The zero-order valence-corrected chi connectivity index (χ0v) is 12.3. The summed E-state index contributed by atoms with van der Waals surface area (Å²) in [5.41, 5.74) is 7.83. The van der Waals surface area contributed by atoms with E-state index in [1.807, 2.05) is 30.3 Å². The van der Waals surface area contributed by atoms with Crippen LogP contribution in [0.25, 0.3) is 0 Å². The molecule has 0 bridgehead atoms. The van der Waals surface area contributed by atoms with Gasteiger partial charge in [0.25, 0.3) is 0 Å². The van der Waals surface area contributed by atoms with Gasteiger partial charge in [-0.3, -0.25) is 4.98 Å². The second kappa shape index (κ2) is 6.04. The van der Waals surface area contributed by atoms with Crippen molar-refractivity contribution < 1.29 is 9.47 Å². The monoisotopic (exact) mass is 322 g/mol. The SMILES string of the molecule is COc1cccc(OC)c1C(N)c1ccc(Br)cn1. The van der Waals surface area contributed by atoms with Gasteiger partial charge in [0.15, 0.2) is 0 Å². The van der Waals surface area contributed by atoms with E-state index in [1.54, 1.807) is 20.4 Å². The lowest BCUT2D eigenvalue weighted by Gasteiger charge is -2.18. The quantitative estimate of drug-likeness (QED) is 0.940. The van der Waals surface area contributed by atoms with Crippen LogP contribution >= 0.6 is 15.9 Å². The minimum absolute atomic E-state index is 0.404. The Labute approximate surface area is 120 Å². The van der Waals surface area contributed by atoms with Crippen LogP contribution in [0.1, 0.15) is 17.3 Å². The van der Waals surface area contributed by atoms with E-state index in [1.165, 1.54) is 0 Å². The molecule has 1 heterocycles. The van der Waals surface area contributed by atoms with Crippen LogP contribution in [0.15, 0.2) is 41.0 Å². The van der Waals surface area contributed by atoms with E-state index in [4.69, 9.17) is 15.2 Å². The maximum absolute atomic E-state index is 6.28. The molecule has 0 aliphatic rings. The first kappa shape index (κ1) is 13.8. The van der Waals surface area contributed by atoms with Gasteiger partial charge >= 0.3 is 0 Å². The van der Waals surface area contributed by atoms with Crippen LogP contribution < -0.4 is 15.2 Å². The Balaban J connectivity index is 2.47. The van der Waals surface area contributed by atoms with Crippen molar-refractivity contribution in [2.24, 2.45) is 5.73 Å². The summed E-state index contributed by atoms with van der Waals surface area (Å²) >= 11 is 3.35. The molecule has 0 fully saturated rings. The van der Waals surface area contributed by atoms with Crippen molar-refractivity contribution in [2.75, 3.05) is 14.2 Å². The predicted octanol–water partition coefficient (Wildman–Crippen LogP) is 2.91. The summed E-state index contributed by atoms with van der Waals surface area (Å²) in [7, 11) is 3.22. The molecule has 5 heteroatoms. The van der Waals surface area contributed by atoms with Gasteiger partial charge in [0.1, 0.15) is 11.5 Å². The summed E-state index contributed by atoms with van der Waals surface area (Å²) < 4.78 is 11.6. The molecule has 0 radical (unpaired) electrons. The van der Waals surface area contributed by atoms with Gasteiger partial charge in [0, 0.05) is 10.7 Å². The van der Waals surface area contributed by atoms with E-state index in [-0.39, 0.29) is 0 Å². The standard InChI is InChI=1S/C14H15BrN2O2/c1-18-11-4-3-5-12(19-2)13(11)14(16)10-7-6-9(15)8-17-10/h3-8,14H,16H2,1-2H3. The maximum atomic E-state index is 6.28. The average Bonchev–Trinajstić information content (AvgIpc) is 2.46. The van der Waals surface area contributed by atoms with E-state index in [0.29, 0.717) is 11.5 Å². The lowest BCUT2D eigenvalue weighted by molar-refractivity contribution is 0.382. The molecule has 1 aromatic carbocycles. The zero-order chi connectivity index (χ0) is 13.8. The highest BCUT2D eigenvalue weighted by molar-refractivity contribution is 9.10. The van der Waals surface area contributed by atoms with Crippen molar-refractivity contribution in [1.29, 1.82) is 0 Å². The maximum Gasteiger partial charge on any atom is 0.127 e. The molecule has 0 amide bonds. The fourth-order valence-electron chi connectivity index (χ4n) is 1.91. The summed E-state index contributed by atoms with van der Waals surface area (Å²) in [5.74, 6) is 1.38. The number of pyridine rings is 1. The number of hydrogen-bond acceptors (Lipinski definition) is 4. The first-order valence-corrected chi connectivity index (χ1v) is 6.54. The minimum atomic E-state index is -0.404. The van der Waals surface area contributed by atoms with Crippen LogP contribution in [0.3, 0.4) is 0 Å². The molecule has 1 aromatic heterocycles. The summed E-state index contributed by atoms with van der Waals surface area (Å²) in [6.45, 7) is 0. The Kier molecular flexibility index (Phi) is 4.39. The van der Waals surface area contributed by atoms with Crippen LogP contribution in [0.2, 0.25) is 0 Å². The van der Waals surface area contributed by atoms with Crippen LogP contribution in [0.4, 0.5) is 0 Å². The molecule has 1 atom stereocenters. The van der Waals surface area contributed by atoms with Gasteiger partial charge in [-0.05, 0) is 40.2 Å². The fourth-order valence-corrected chi connectivity index (χ4v) is 2.14. The number of ether oxygens (including phenoxy) is 2. The molecule has 0 spiro atoms. The van der Waals surface area contributed by atoms with Crippen LogP contribution in [-0.4, -0.2) is 19.2 Å². The summed E-state index contributed by atoms with van der Waals surface area (Å²) in [4.78, 5) is 4.32. The molecule has 0 aliphatic carbocycles. The van der Waals surface area contributed by atoms with Crippen molar-refractivity contribution in [1.82, 2.24) is 4.98 Å². The van der Waals surface area contributed by atoms with Crippen LogP contribution in [-0.2, 0) is 0 Å². The van der Waals surface area contributed by atoms with Crippen molar-refractivity contribution in [3.05, 3.63) is 52.3 Å². The summed E-state index contributed by atoms with van der Waals surface area (Å²) in [6, 6.07) is 8.96. The first-order chi connectivity index (χ1) is 9.17. The molecule has 19 heavy (non-hydrogen) atoms. The molecular formula is C14H15BrN2O2. The lowest BCUT2D eigenvalue weighted by Crippen LogP contribution is -2.15. The van der Waals surface area contributed by atoms with Crippen LogP contribution in [0, 0.1) is 0 Å². The third-order valence-electron chi connectivity index (χ3n) is 2.85. The molecule has 100 valence electrons. The van der Waals surface area contributed by atoms with Crippen molar-refractivity contribution in [2.45, 2.75) is 6.04 Å². The molecule has 2 N–H and O–H groups in total. The van der Waals surface area contributed by atoms with Gasteiger partial charge in [-0.25, -0.2) is 0 Å². The number of nitrogens with zero attached hydrogens (tertiary/aromatic N) is 1. The number of nitrogens with two attached hydrogens (primary N) is 1. The number of aromatic nitrogens is 1. The number of rotatable bonds is 4. The molecule has 2 rings (SSSR count). The molecule has 2 aromatic rings. The fraction of sp³-hybridized carbons (Fsp3) is 0.214. The minimum Gasteiger partial charge on any atom is -0.496 e. The van der Waals surface area contributed by atoms with E-state index in [0.717, 1.165) is 15.7 Å². The normalized spacial score (nSPS) is 12.0. The molecule has 1 unspecified atom stereocenters. The topological polar surface area (TPSA) is 57.4 Å². The Morgan fingerprint density at radius 1 is 1.11 bits per heavy atom. The van der Waals surface area contributed by atoms with E-state index >= 15 is 0 Å². The van der Waals surface area contributed by atoms with E-state index < -0.39 is 6.04 Å². The third-order valence-corrected chi connectivity index (χ3v) is 3.31.